The number of nitro groups is 1. The van der Waals surface area contributed by atoms with E-state index in [1.807, 2.05) is 6.07 Å². The predicted molar refractivity (Wildman–Crippen MR) is 121 cm³/mol. The fourth-order valence-electron chi connectivity index (χ4n) is 4.98. The van der Waals surface area contributed by atoms with Crippen LogP contribution in [-0.4, -0.2) is 57.8 Å². The molecular weight excluding hydrogens is 442 g/mol. The predicted octanol–water partition coefficient (Wildman–Crippen LogP) is 2.42. The number of H-pyrrole nitrogens is 1. The van der Waals surface area contributed by atoms with E-state index in [1.54, 1.807) is 43.4 Å². The largest absolute Gasteiger partial charge is 0.493 e. The number of nitrogens with one attached hydrogen (secondary N) is 1. The molecule has 5 rings (SSSR count). The number of nitrogens with zero attached hydrogens (tertiary/aromatic N) is 4. The van der Waals surface area contributed by atoms with Crippen LogP contribution in [0, 0.1) is 16.0 Å². The third kappa shape index (κ3) is 3.58. The van der Waals surface area contributed by atoms with Crippen molar-refractivity contribution in [1.82, 2.24) is 19.7 Å². The highest BCUT2D eigenvalue weighted by atomic mass is 16.6. The summed E-state index contributed by atoms with van der Waals surface area (Å²) < 4.78 is 12.1. The molecule has 0 radical (unpaired) electrons. The van der Waals surface area contributed by atoms with E-state index >= 15 is 0 Å². The van der Waals surface area contributed by atoms with Gasteiger partial charge in [0.1, 0.15) is 5.69 Å². The number of piperidine rings is 1. The molecule has 34 heavy (non-hydrogen) atoms. The average Bonchev–Trinajstić information content (AvgIpc) is 3.33. The number of amides is 1. The van der Waals surface area contributed by atoms with Gasteiger partial charge in [-0.2, -0.15) is 5.10 Å². The number of hydrogen-bond donors (Lipinski definition) is 1. The van der Waals surface area contributed by atoms with Crippen molar-refractivity contribution in [2.24, 2.45) is 5.92 Å². The molecule has 1 amide bonds. The van der Waals surface area contributed by atoms with Crippen LogP contribution in [0.3, 0.4) is 0 Å². The van der Waals surface area contributed by atoms with Crippen molar-refractivity contribution in [1.29, 1.82) is 0 Å². The maximum atomic E-state index is 13.3. The van der Waals surface area contributed by atoms with Crippen LogP contribution in [0.15, 0.2) is 41.2 Å². The van der Waals surface area contributed by atoms with Gasteiger partial charge in [0.15, 0.2) is 11.5 Å². The number of rotatable bonds is 5. The third-order valence-corrected chi connectivity index (χ3v) is 6.56. The Morgan fingerprint density at radius 1 is 1.12 bits per heavy atom. The smallest absolute Gasteiger partial charge is 0.334 e. The molecule has 0 saturated carbocycles. The van der Waals surface area contributed by atoms with Crippen molar-refractivity contribution in [3.8, 4) is 22.8 Å². The first kappa shape index (κ1) is 21.7. The van der Waals surface area contributed by atoms with E-state index in [1.165, 1.54) is 10.6 Å². The van der Waals surface area contributed by atoms with E-state index in [0.29, 0.717) is 42.5 Å². The minimum atomic E-state index is -0.649. The van der Waals surface area contributed by atoms with Gasteiger partial charge in [-0.25, -0.2) is 0 Å². The molecule has 11 nitrogen and oxygen atoms in total. The SMILES string of the molecule is COc1ccc(-c2cc(C(=O)N3C[C@H]4C[C@@H](C3)c3ccc([N+](=O)[O-])c(=O)n3C4)[nH]n2)cc1OC. The van der Waals surface area contributed by atoms with Crippen LogP contribution in [-0.2, 0) is 6.54 Å². The van der Waals surface area contributed by atoms with Gasteiger partial charge in [0.2, 0.25) is 0 Å². The van der Waals surface area contributed by atoms with Gasteiger partial charge in [-0.3, -0.25) is 24.8 Å². The number of likely N-dealkylation sites (tertiary alicyclic amines) is 1. The zero-order chi connectivity index (χ0) is 24.0. The standard InChI is InChI=1S/C23H23N5O6/c1-33-20-6-3-14(8-21(20)34-2)16-9-17(25-24-16)22(29)26-10-13-7-15(12-26)18-4-5-19(28(31)32)23(30)27(18)11-13/h3-6,8-9,13,15H,7,10-12H2,1-2H3,(H,24,25)/t13-,15+/m1/s1. The fraction of sp³-hybridized carbons (Fsp3) is 0.348. The van der Waals surface area contributed by atoms with Gasteiger partial charge in [-0.1, -0.05) is 0 Å². The lowest BCUT2D eigenvalue weighted by Crippen LogP contribution is -2.49. The van der Waals surface area contributed by atoms with Gasteiger partial charge in [0.05, 0.1) is 24.8 Å². The van der Waals surface area contributed by atoms with Crippen LogP contribution >= 0.6 is 0 Å². The first-order chi connectivity index (χ1) is 16.4. The number of carbonyl (C=O) groups excluding carboxylic acids is 1. The van der Waals surface area contributed by atoms with Crippen molar-refractivity contribution in [2.75, 3.05) is 27.3 Å². The van der Waals surface area contributed by atoms with Gasteiger partial charge < -0.3 is 18.9 Å². The second-order valence-corrected chi connectivity index (χ2v) is 8.56. The topological polar surface area (TPSA) is 133 Å². The molecule has 0 spiro atoms. The van der Waals surface area contributed by atoms with E-state index in [-0.39, 0.29) is 17.7 Å². The van der Waals surface area contributed by atoms with Gasteiger partial charge in [-0.05, 0) is 42.7 Å². The third-order valence-electron chi connectivity index (χ3n) is 6.56. The quantitative estimate of drug-likeness (QED) is 0.452. The van der Waals surface area contributed by atoms with E-state index in [2.05, 4.69) is 10.2 Å². The Morgan fingerprint density at radius 3 is 2.65 bits per heavy atom. The molecule has 11 heteroatoms. The summed E-state index contributed by atoms with van der Waals surface area (Å²) >= 11 is 0. The number of methoxy groups -OCH3 is 2. The zero-order valence-electron chi connectivity index (χ0n) is 18.7. The molecule has 2 aliphatic rings. The van der Waals surface area contributed by atoms with Crippen molar-refractivity contribution in [3.63, 3.8) is 0 Å². The lowest BCUT2D eigenvalue weighted by Gasteiger charge is -2.42. The first-order valence-corrected chi connectivity index (χ1v) is 10.8. The van der Waals surface area contributed by atoms with Crippen LogP contribution in [0.1, 0.15) is 28.5 Å². The maximum absolute atomic E-state index is 13.3. The van der Waals surface area contributed by atoms with E-state index in [4.69, 9.17) is 9.47 Å². The lowest BCUT2D eigenvalue weighted by molar-refractivity contribution is -0.386. The molecule has 1 N–H and O–H groups in total. The molecule has 1 aromatic carbocycles. The Kier molecular flexibility index (Phi) is 5.31. The van der Waals surface area contributed by atoms with Crippen molar-refractivity contribution < 1.29 is 19.2 Å². The second-order valence-electron chi connectivity index (χ2n) is 8.56. The average molecular weight is 465 g/mol. The Hall–Kier alpha value is -4.15. The molecule has 176 valence electrons. The summed E-state index contributed by atoms with van der Waals surface area (Å²) in [5.41, 5.74) is 1.48. The Labute approximate surface area is 194 Å². The molecule has 1 fully saturated rings. The molecule has 0 unspecified atom stereocenters. The van der Waals surface area contributed by atoms with Gasteiger partial charge in [0.25, 0.3) is 5.91 Å². The minimum absolute atomic E-state index is 0.0446. The number of fused-ring (bicyclic) bond motifs is 4. The van der Waals surface area contributed by atoms with E-state index < -0.39 is 16.2 Å². The van der Waals surface area contributed by atoms with Crippen molar-refractivity contribution in [3.05, 3.63) is 68.3 Å². The van der Waals surface area contributed by atoms with Crippen LogP contribution in [0.2, 0.25) is 0 Å². The van der Waals surface area contributed by atoms with Crippen LogP contribution in [0.25, 0.3) is 11.3 Å². The molecule has 3 aromatic rings. The summed E-state index contributed by atoms with van der Waals surface area (Å²) in [6.07, 6.45) is 0.834. The Bertz CT molecular complexity index is 1350. The number of aromatic nitrogens is 3. The van der Waals surface area contributed by atoms with Gasteiger partial charge >= 0.3 is 11.2 Å². The molecule has 1 saturated heterocycles. The number of carbonyl (C=O) groups is 1. The molecule has 4 heterocycles. The summed E-state index contributed by atoms with van der Waals surface area (Å²) in [7, 11) is 3.12. The van der Waals surface area contributed by atoms with Crippen LogP contribution < -0.4 is 15.0 Å². The highest BCUT2D eigenvalue weighted by molar-refractivity contribution is 5.93. The van der Waals surface area contributed by atoms with Crippen LogP contribution in [0.4, 0.5) is 5.69 Å². The Morgan fingerprint density at radius 2 is 1.91 bits per heavy atom. The number of ether oxygens (including phenoxy) is 2. The number of hydrogen-bond acceptors (Lipinski definition) is 7. The highest BCUT2D eigenvalue weighted by Gasteiger charge is 2.38. The molecular formula is C23H23N5O6. The lowest BCUT2D eigenvalue weighted by atomic mass is 9.83. The van der Waals surface area contributed by atoms with Gasteiger partial charge in [0, 0.05) is 42.9 Å². The van der Waals surface area contributed by atoms with E-state index in [0.717, 1.165) is 17.7 Å². The van der Waals surface area contributed by atoms with Gasteiger partial charge in [-0.15, -0.1) is 0 Å². The molecule has 2 aromatic heterocycles. The maximum Gasteiger partial charge on any atom is 0.334 e. The first-order valence-electron chi connectivity index (χ1n) is 10.8. The number of aromatic amines is 1. The fourth-order valence-corrected chi connectivity index (χ4v) is 4.98. The Balaban J connectivity index is 1.38. The molecule has 0 aliphatic carbocycles. The summed E-state index contributed by atoms with van der Waals surface area (Å²) in [5.74, 6) is 0.976. The summed E-state index contributed by atoms with van der Waals surface area (Å²) in [5, 5.41) is 18.3. The normalized spacial score (nSPS) is 18.8. The van der Waals surface area contributed by atoms with Crippen molar-refractivity contribution in [2.45, 2.75) is 18.9 Å². The molecule has 2 atom stereocenters. The molecule has 2 bridgehead atoms. The summed E-state index contributed by atoms with van der Waals surface area (Å²) in [6, 6.07) is 10.0. The number of pyridine rings is 1. The second kappa shape index (κ2) is 8.32. The highest BCUT2D eigenvalue weighted by Crippen LogP contribution is 2.36. The van der Waals surface area contributed by atoms with Crippen LogP contribution in [0.5, 0.6) is 11.5 Å². The zero-order valence-corrected chi connectivity index (χ0v) is 18.7. The molecule has 2 aliphatic heterocycles. The van der Waals surface area contributed by atoms with E-state index in [9.17, 15) is 19.7 Å². The number of benzene rings is 1. The van der Waals surface area contributed by atoms with Crippen molar-refractivity contribution >= 4 is 11.6 Å². The summed E-state index contributed by atoms with van der Waals surface area (Å²) in [4.78, 5) is 38.1. The summed E-state index contributed by atoms with van der Waals surface area (Å²) in [6.45, 7) is 1.25. The monoisotopic (exact) mass is 465 g/mol. The minimum Gasteiger partial charge on any atom is -0.493 e.